The average molecular weight is 325 g/mol. The molecule has 0 bridgehead atoms. The second kappa shape index (κ2) is 5.54. The molecule has 19 heavy (non-hydrogen) atoms. The lowest BCUT2D eigenvalue weighted by Gasteiger charge is -2.12. The molecule has 1 heterocycles. The van der Waals surface area contributed by atoms with Gasteiger partial charge in [-0.25, -0.2) is 0 Å². The molecule has 2 rings (SSSR count). The number of hydrogen-bond acceptors (Lipinski definition) is 3. The Kier molecular flexibility index (Phi) is 4.01. The zero-order valence-corrected chi connectivity index (χ0v) is 11.9. The lowest BCUT2D eigenvalue weighted by Crippen LogP contribution is -2.06. The fraction of sp³-hybridized carbons (Fsp3) is 0.231. The Morgan fingerprint density at radius 2 is 2.16 bits per heavy atom. The number of nitrogens with zero attached hydrogens (tertiary/aromatic N) is 2. The average Bonchev–Trinajstić information content (AvgIpc) is 2.79. The van der Waals surface area contributed by atoms with Gasteiger partial charge in [0.15, 0.2) is 0 Å². The molecule has 0 fully saturated rings. The van der Waals surface area contributed by atoms with E-state index in [1.165, 1.54) is 6.07 Å². The van der Waals surface area contributed by atoms with E-state index >= 15 is 0 Å². The Labute approximate surface area is 118 Å². The Bertz CT molecular complexity index is 608. The molecule has 100 valence electrons. The van der Waals surface area contributed by atoms with Crippen LogP contribution in [0.1, 0.15) is 24.3 Å². The van der Waals surface area contributed by atoms with E-state index < -0.39 is 11.0 Å². The van der Waals surface area contributed by atoms with Crippen molar-refractivity contribution in [3.8, 4) is 0 Å². The summed E-state index contributed by atoms with van der Waals surface area (Å²) in [6.45, 7) is 2.16. The van der Waals surface area contributed by atoms with Gasteiger partial charge in [0.2, 0.25) is 0 Å². The Hall–Kier alpha value is -1.66. The second-order valence-electron chi connectivity index (χ2n) is 4.24. The van der Waals surface area contributed by atoms with Crippen LogP contribution in [0.5, 0.6) is 0 Å². The van der Waals surface area contributed by atoms with Crippen LogP contribution < -0.4 is 0 Å². The van der Waals surface area contributed by atoms with E-state index in [4.69, 9.17) is 0 Å². The third-order valence-corrected chi connectivity index (χ3v) is 3.80. The number of nitro benzene ring substituents is 1. The number of rotatable bonds is 4. The van der Waals surface area contributed by atoms with Crippen LogP contribution in [0.3, 0.4) is 0 Å². The molecule has 2 aromatic rings. The normalized spacial score (nSPS) is 12.4. The molecule has 0 saturated carbocycles. The first-order valence-electron chi connectivity index (χ1n) is 5.75. The summed E-state index contributed by atoms with van der Waals surface area (Å²) in [4.78, 5) is 10.5. The summed E-state index contributed by atoms with van der Waals surface area (Å²) in [7, 11) is 0. The van der Waals surface area contributed by atoms with Crippen LogP contribution in [0.15, 0.2) is 41.0 Å². The Morgan fingerprint density at radius 1 is 1.42 bits per heavy atom. The first kappa shape index (κ1) is 13.8. The first-order valence-corrected chi connectivity index (χ1v) is 6.55. The lowest BCUT2D eigenvalue weighted by molar-refractivity contribution is -0.385. The summed E-state index contributed by atoms with van der Waals surface area (Å²) in [5.41, 5.74) is 1.62. The number of nitro groups is 1. The SMILES string of the molecule is CC(O)c1cccn1Cc1cccc([N+](=O)[O-])c1Br. The Balaban J connectivity index is 2.36. The predicted octanol–water partition coefficient (Wildman–Crippen LogP) is 3.26. The van der Waals surface area contributed by atoms with Crippen molar-refractivity contribution in [1.82, 2.24) is 4.57 Å². The molecule has 6 heteroatoms. The van der Waals surface area contributed by atoms with Crippen LogP contribution in [0.2, 0.25) is 0 Å². The van der Waals surface area contributed by atoms with Gasteiger partial charge in [-0.2, -0.15) is 0 Å². The number of aromatic nitrogens is 1. The molecule has 5 nitrogen and oxygen atoms in total. The van der Waals surface area contributed by atoms with Crippen LogP contribution in [-0.2, 0) is 6.54 Å². The van der Waals surface area contributed by atoms with Crippen LogP contribution in [0.4, 0.5) is 5.69 Å². The van der Waals surface area contributed by atoms with Gasteiger partial charge in [-0.05, 0) is 40.5 Å². The maximum atomic E-state index is 10.9. The maximum Gasteiger partial charge on any atom is 0.283 e. The van der Waals surface area contributed by atoms with Gasteiger partial charge in [0, 0.05) is 24.5 Å². The van der Waals surface area contributed by atoms with E-state index in [0.717, 1.165) is 11.3 Å². The van der Waals surface area contributed by atoms with Crippen molar-refractivity contribution in [2.45, 2.75) is 19.6 Å². The van der Waals surface area contributed by atoms with Crippen molar-refractivity contribution < 1.29 is 10.0 Å². The van der Waals surface area contributed by atoms with Gasteiger partial charge in [0.1, 0.15) is 4.47 Å². The lowest BCUT2D eigenvalue weighted by atomic mass is 10.2. The van der Waals surface area contributed by atoms with Crippen molar-refractivity contribution in [2.24, 2.45) is 0 Å². The maximum absolute atomic E-state index is 10.9. The molecule has 0 aliphatic carbocycles. The molecule has 1 N–H and O–H groups in total. The van der Waals surface area contributed by atoms with E-state index in [2.05, 4.69) is 15.9 Å². The minimum atomic E-state index is -0.576. The minimum Gasteiger partial charge on any atom is -0.387 e. The molecule has 0 aliphatic heterocycles. The zero-order valence-electron chi connectivity index (χ0n) is 10.3. The number of aliphatic hydroxyl groups excluding tert-OH is 1. The monoisotopic (exact) mass is 324 g/mol. The summed E-state index contributed by atoms with van der Waals surface area (Å²) >= 11 is 3.27. The first-order chi connectivity index (χ1) is 9.00. The van der Waals surface area contributed by atoms with Crippen LogP contribution in [0, 0.1) is 10.1 Å². The molecule has 0 aliphatic rings. The molecule has 0 spiro atoms. The molecule has 0 saturated heterocycles. The fourth-order valence-corrected chi connectivity index (χ4v) is 2.50. The highest BCUT2D eigenvalue weighted by Crippen LogP contribution is 2.29. The van der Waals surface area contributed by atoms with Gasteiger partial charge in [0.05, 0.1) is 11.0 Å². The van der Waals surface area contributed by atoms with E-state index in [-0.39, 0.29) is 5.69 Å². The quantitative estimate of drug-likeness (QED) is 0.693. The van der Waals surface area contributed by atoms with E-state index in [0.29, 0.717) is 11.0 Å². The molecule has 0 radical (unpaired) electrons. The molecule has 0 amide bonds. The van der Waals surface area contributed by atoms with Gasteiger partial charge in [-0.3, -0.25) is 10.1 Å². The van der Waals surface area contributed by atoms with Crippen molar-refractivity contribution in [2.75, 3.05) is 0 Å². The van der Waals surface area contributed by atoms with Crippen LogP contribution in [0.25, 0.3) is 0 Å². The number of halogens is 1. The fourth-order valence-electron chi connectivity index (χ4n) is 1.96. The second-order valence-corrected chi connectivity index (χ2v) is 5.04. The van der Waals surface area contributed by atoms with Gasteiger partial charge in [-0.1, -0.05) is 12.1 Å². The third kappa shape index (κ3) is 2.85. The molecule has 1 aromatic heterocycles. The van der Waals surface area contributed by atoms with E-state index in [9.17, 15) is 15.2 Å². The number of benzene rings is 1. The summed E-state index contributed by atoms with van der Waals surface area (Å²) in [5, 5.41) is 20.5. The van der Waals surface area contributed by atoms with Crippen molar-refractivity contribution >= 4 is 21.6 Å². The van der Waals surface area contributed by atoms with Crippen molar-refractivity contribution in [3.05, 3.63) is 62.4 Å². The van der Waals surface area contributed by atoms with Gasteiger partial charge in [0.25, 0.3) is 5.69 Å². The smallest absolute Gasteiger partial charge is 0.283 e. The summed E-state index contributed by atoms with van der Waals surface area (Å²) < 4.78 is 2.35. The van der Waals surface area contributed by atoms with Gasteiger partial charge >= 0.3 is 0 Å². The summed E-state index contributed by atoms with van der Waals surface area (Å²) in [6.07, 6.45) is 1.26. The Morgan fingerprint density at radius 3 is 2.79 bits per heavy atom. The molecular formula is C13H13BrN2O3. The van der Waals surface area contributed by atoms with Gasteiger partial charge in [-0.15, -0.1) is 0 Å². The molecular weight excluding hydrogens is 312 g/mol. The third-order valence-electron chi connectivity index (χ3n) is 2.89. The highest BCUT2D eigenvalue weighted by molar-refractivity contribution is 9.10. The number of hydrogen-bond donors (Lipinski definition) is 1. The van der Waals surface area contributed by atoms with Gasteiger partial charge < -0.3 is 9.67 Å². The minimum absolute atomic E-state index is 0.0447. The van der Waals surface area contributed by atoms with Crippen molar-refractivity contribution in [3.63, 3.8) is 0 Å². The standard InChI is InChI=1S/C13H13BrN2O3/c1-9(17)11-6-3-7-15(11)8-10-4-2-5-12(13(10)14)16(18)19/h2-7,9,17H,8H2,1H3. The molecule has 1 aromatic carbocycles. The largest absolute Gasteiger partial charge is 0.387 e. The topological polar surface area (TPSA) is 68.3 Å². The highest BCUT2D eigenvalue weighted by Gasteiger charge is 2.16. The van der Waals surface area contributed by atoms with Crippen molar-refractivity contribution in [1.29, 1.82) is 0 Å². The summed E-state index contributed by atoms with van der Waals surface area (Å²) in [6, 6.07) is 8.61. The van der Waals surface area contributed by atoms with E-state index in [1.54, 1.807) is 13.0 Å². The molecule has 1 atom stereocenters. The molecule has 1 unspecified atom stereocenters. The number of aliphatic hydroxyl groups is 1. The van der Waals surface area contributed by atoms with E-state index in [1.807, 2.05) is 29.0 Å². The predicted molar refractivity (Wildman–Crippen MR) is 75.0 cm³/mol. The summed E-state index contributed by atoms with van der Waals surface area (Å²) in [5.74, 6) is 0. The van der Waals surface area contributed by atoms with Crippen LogP contribution >= 0.6 is 15.9 Å². The highest BCUT2D eigenvalue weighted by atomic mass is 79.9. The zero-order chi connectivity index (χ0) is 14.0. The van der Waals surface area contributed by atoms with Crippen LogP contribution in [-0.4, -0.2) is 14.6 Å².